The summed E-state index contributed by atoms with van der Waals surface area (Å²) in [6, 6.07) is 14.6. The highest BCUT2D eigenvalue weighted by molar-refractivity contribution is 5.98. The molecule has 0 saturated heterocycles. The lowest BCUT2D eigenvalue weighted by Crippen LogP contribution is -2.35. The molecule has 136 valence electrons. The number of ether oxygens (including phenoxy) is 2. The van der Waals surface area contributed by atoms with Crippen LogP contribution in [-0.2, 0) is 20.7 Å². The molecule has 0 unspecified atom stereocenters. The van der Waals surface area contributed by atoms with Crippen molar-refractivity contribution < 1.29 is 19.1 Å². The molecule has 2 aromatic rings. The molecule has 0 aromatic heterocycles. The molecule has 0 radical (unpaired) electrons. The molecule has 1 aliphatic heterocycles. The second-order valence-corrected chi connectivity index (χ2v) is 6.10. The molecule has 26 heavy (non-hydrogen) atoms. The Bertz CT molecular complexity index is 792. The molecule has 2 aromatic carbocycles. The van der Waals surface area contributed by atoms with Crippen LogP contribution in [0.2, 0.25) is 0 Å². The van der Waals surface area contributed by atoms with Gasteiger partial charge in [0.25, 0.3) is 5.91 Å². The van der Waals surface area contributed by atoms with E-state index in [0.29, 0.717) is 30.2 Å². The zero-order valence-corrected chi connectivity index (χ0v) is 14.8. The van der Waals surface area contributed by atoms with Gasteiger partial charge in [-0.2, -0.15) is 0 Å². The summed E-state index contributed by atoms with van der Waals surface area (Å²) in [5, 5.41) is 6.01. The van der Waals surface area contributed by atoms with Crippen LogP contribution in [0, 0.1) is 0 Å². The van der Waals surface area contributed by atoms with E-state index in [9.17, 15) is 9.59 Å². The highest BCUT2D eigenvalue weighted by Crippen LogP contribution is 2.32. The average Bonchev–Trinajstić information content (AvgIpc) is 2.63. The number of amides is 1. The first kappa shape index (κ1) is 17.8. The van der Waals surface area contributed by atoms with Crippen LogP contribution in [-0.4, -0.2) is 30.6 Å². The predicted octanol–water partition coefficient (Wildman–Crippen LogP) is 2.99. The Kier molecular flexibility index (Phi) is 5.41. The fraction of sp³-hybridized carbons (Fsp3) is 0.300. The van der Waals surface area contributed by atoms with Crippen molar-refractivity contribution in [2.24, 2.45) is 0 Å². The van der Waals surface area contributed by atoms with E-state index in [1.807, 2.05) is 36.4 Å². The predicted molar refractivity (Wildman–Crippen MR) is 99.4 cm³/mol. The molecular weight excluding hydrogens is 332 g/mol. The smallest absolute Gasteiger partial charge is 0.328 e. The summed E-state index contributed by atoms with van der Waals surface area (Å²) >= 11 is 0. The third kappa shape index (κ3) is 4.14. The Morgan fingerprint density at radius 1 is 1.27 bits per heavy atom. The number of nitrogens with one attached hydrogen (secondary N) is 2. The number of rotatable bonds is 6. The molecule has 6 nitrogen and oxygen atoms in total. The summed E-state index contributed by atoms with van der Waals surface area (Å²) < 4.78 is 10.8. The summed E-state index contributed by atoms with van der Waals surface area (Å²) in [5.74, 6) is 0.0993. The van der Waals surface area contributed by atoms with E-state index in [4.69, 9.17) is 9.47 Å². The maximum atomic E-state index is 12.4. The average molecular weight is 354 g/mol. The normalized spacial score (nSPS) is 16.7. The molecular formula is C20H22N2O4. The quantitative estimate of drug-likeness (QED) is 0.780. The topological polar surface area (TPSA) is 76.7 Å². The zero-order valence-electron chi connectivity index (χ0n) is 14.8. The second kappa shape index (κ2) is 7.91. The van der Waals surface area contributed by atoms with E-state index in [0.717, 1.165) is 5.56 Å². The van der Waals surface area contributed by atoms with Crippen molar-refractivity contribution in [3.63, 3.8) is 0 Å². The van der Waals surface area contributed by atoms with E-state index in [1.54, 1.807) is 26.0 Å². The molecule has 1 amide bonds. The molecule has 0 spiro atoms. The fourth-order valence-corrected chi connectivity index (χ4v) is 2.79. The first-order valence-corrected chi connectivity index (χ1v) is 8.65. The van der Waals surface area contributed by atoms with Crippen molar-refractivity contribution in [2.75, 3.05) is 17.2 Å². The van der Waals surface area contributed by atoms with Crippen molar-refractivity contribution in [1.82, 2.24) is 0 Å². The zero-order chi connectivity index (χ0) is 18.5. The number of hydrogen-bond donors (Lipinski definition) is 2. The van der Waals surface area contributed by atoms with Crippen LogP contribution in [0.25, 0.3) is 0 Å². The van der Waals surface area contributed by atoms with E-state index < -0.39 is 12.1 Å². The monoisotopic (exact) mass is 354 g/mol. The number of carbonyl (C=O) groups is 2. The summed E-state index contributed by atoms with van der Waals surface area (Å²) in [6.45, 7) is 3.79. The number of hydrogen-bond acceptors (Lipinski definition) is 5. The van der Waals surface area contributed by atoms with Crippen LogP contribution in [0.1, 0.15) is 19.4 Å². The summed E-state index contributed by atoms with van der Waals surface area (Å²) in [5.41, 5.74) is 2.32. The van der Waals surface area contributed by atoms with Crippen LogP contribution in [0.4, 0.5) is 11.4 Å². The van der Waals surface area contributed by atoms with Gasteiger partial charge in [-0.25, -0.2) is 4.79 Å². The largest absolute Gasteiger partial charge is 0.479 e. The first-order chi connectivity index (χ1) is 12.6. The molecule has 0 fully saturated rings. The van der Waals surface area contributed by atoms with Crippen LogP contribution in [0.5, 0.6) is 5.75 Å². The first-order valence-electron chi connectivity index (χ1n) is 8.65. The summed E-state index contributed by atoms with van der Waals surface area (Å²) in [7, 11) is 0. The summed E-state index contributed by atoms with van der Waals surface area (Å²) in [6.07, 6.45) is -0.0249. The van der Waals surface area contributed by atoms with Gasteiger partial charge in [0.05, 0.1) is 12.3 Å². The standard InChI is InChI=1S/C20H22N2O4/c1-3-25-20(24)17(11-14-7-5-4-6-8-14)21-15-9-10-18-16(12-15)22-19(23)13(2)26-18/h4-10,12-13,17,21H,3,11H2,1-2H3,(H,22,23)/t13-,17+/m0/s1. The van der Waals surface area contributed by atoms with Crippen molar-refractivity contribution in [3.8, 4) is 5.75 Å². The number of fused-ring (bicyclic) bond motifs is 1. The minimum atomic E-state index is -0.533. The van der Waals surface area contributed by atoms with Gasteiger partial charge >= 0.3 is 5.97 Å². The molecule has 2 atom stereocenters. The minimum absolute atomic E-state index is 0.194. The Balaban J connectivity index is 1.79. The van der Waals surface area contributed by atoms with E-state index in [2.05, 4.69) is 10.6 Å². The van der Waals surface area contributed by atoms with Gasteiger partial charge in [0.2, 0.25) is 0 Å². The van der Waals surface area contributed by atoms with Gasteiger partial charge in [0.15, 0.2) is 6.10 Å². The maximum absolute atomic E-state index is 12.4. The number of carbonyl (C=O) groups excluding carboxylic acids is 2. The van der Waals surface area contributed by atoms with E-state index >= 15 is 0 Å². The van der Waals surface area contributed by atoms with Crippen molar-refractivity contribution in [2.45, 2.75) is 32.4 Å². The molecule has 1 heterocycles. The number of benzene rings is 2. The van der Waals surface area contributed by atoms with Crippen molar-refractivity contribution >= 4 is 23.3 Å². The molecule has 1 aliphatic rings. The molecule has 0 saturated carbocycles. The highest BCUT2D eigenvalue weighted by atomic mass is 16.5. The van der Waals surface area contributed by atoms with Gasteiger partial charge in [-0.3, -0.25) is 4.79 Å². The van der Waals surface area contributed by atoms with E-state index in [-0.39, 0.29) is 11.9 Å². The minimum Gasteiger partial charge on any atom is -0.479 e. The van der Waals surface area contributed by atoms with Gasteiger partial charge in [-0.15, -0.1) is 0 Å². The Morgan fingerprint density at radius 2 is 2.04 bits per heavy atom. The van der Waals surface area contributed by atoms with Gasteiger partial charge in [0, 0.05) is 12.1 Å². The molecule has 6 heteroatoms. The maximum Gasteiger partial charge on any atom is 0.328 e. The lowest BCUT2D eigenvalue weighted by Gasteiger charge is -2.25. The Hall–Kier alpha value is -3.02. The molecule has 2 N–H and O–H groups in total. The third-order valence-electron chi connectivity index (χ3n) is 4.11. The second-order valence-electron chi connectivity index (χ2n) is 6.10. The van der Waals surface area contributed by atoms with Crippen LogP contribution in [0.15, 0.2) is 48.5 Å². The van der Waals surface area contributed by atoms with Crippen molar-refractivity contribution in [1.29, 1.82) is 0 Å². The lowest BCUT2D eigenvalue weighted by atomic mass is 10.1. The summed E-state index contributed by atoms with van der Waals surface area (Å²) in [4.78, 5) is 24.2. The van der Waals surface area contributed by atoms with Gasteiger partial charge in [0.1, 0.15) is 11.8 Å². The third-order valence-corrected chi connectivity index (χ3v) is 4.11. The fourth-order valence-electron chi connectivity index (χ4n) is 2.79. The molecule has 0 aliphatic carbocycles. The highest BCUT2D eigenvalue weighted by Gasteiger charge is 2.25. The Morgan fingerprint density at radius 3 is 2.77 bits per heavy atom. The van der Waals surface area contributed by atoms with Gasteiger partial charge in [-0.05, 0) is 37.6 Å². The van der Waals surface area contributed by atoms with Crippen molar-refractivity contribution in [3.05, 3.63) is 54.1 Å². The van der Waals surface area contributed by atoms with Crippen LogP contribution >= 0.6 is 0 Å². The van der Waals surface area contributed by atoms with Gasteiger partial charge < -0.3 is 20.1 Å². The lowest BCUT2D eigenvalue weighted by molar-refractivity contribution is -0.144. The number of anilines is 2. The number of esters is 1. The SMILES string of the molecule is CCOC(=O)[C@@H](Cc1ccccc1)Nc1ccc2c(c1)NC(=O)[C@H](C)O2. The molecule has 0 bridgehead atoms. The van der Waals surface area contributed by atoms with E-state index in [1.165, 1.54) is 0 Å². The van der Waals surface area contributed by atoms with Crippen LogP contribution < -0.4 is 15.4 Å². The Labute approximate surface area is 152 Å². The van der Waals surface area contributed by atoms with Gasteiger partial charge in [-0.1, -0.05) is 30.3 Å². The van der Waals surface area contributed by atoms with Crippen LogP contribution in [0.3, 0.4) is 0 Å². The molecule has 3 rings (SSSR count).